The highest BCUT2D eigenvalue weighted by Gasteiger charge is 2.04. The van der Waals surface area contributed by atoms with Gasteiger partial charge in [-0.05, 0) is 55.2 Å². The summed E-state index contributed by atoms with van der Waals surface area (Å²) >= 11 is 0. The Bertz CT molecular complexity index is 545. The molecule has 1 aromatic rings. The average Bonchev–Trinajstić information content (AvgIpc) is 2.36. The lowest BCUT2D eigenvalue weighted by Gasteiger charge is -2.05. The van der Waals surface area contributed by atoms with Crippen molar-refractivity contribution >= 4 is 15.8 Å². The standard InChI is InChI=1S/C12H18N2O5S/c15-12-9-10(4-5-11(12)14-16)3-1-6-13-7-2-8-20(17,18)19/h4-5,9,13,15H,1-3,6-8H2,(H,17,18,19). The Labute approximate surface area is 117 Å². The van der Waals surface area contributed by atoms with Crippen molar-refractivity contribution in [2.45, 2.75) is 19.3 Å². The topological polar surface area (TPSA) is 116 Å². The summed E-state index contributed by atoms with van der Waals surface area (Å²) < 4.78 is 29.5. The summed E-state index contributed by atoms with van der Waals surface area (Å²) in [5, 5.41) is 15.2. The highest BCUT2D eigenvalue weighted by molar-refractivity contribution is 7.85. The van der Waals surface area contributed by atoms with E-state index in [1.807, 2.05) is 0 Å². The van der Waals surface area contributed by atoms with Gasteiger partial charge in [0, 0.05) is 0 Å². The van der Waals surface area contributed by atoms with Crippen LogP contribution in [0.3, 0.4) is 0 Å². The van der Waals surface area contributed by atoms with E-state index in [2.05, 4.69) is 10.5 Å². The van der Waals surface area contributed by atoms with Crippen LogP contribution in [-0.2, 0) is 16.5 Å². The third-order valence-electron chi connectivity index (χ3n) is 2.71. The maximum atomic E-state index is 10.5. The molecule has 0 aliphatic rings. The van der Waals surface area contributed by atoms with Crippen LogP contribution in [0.1, 0.15) is 18.4 Å². The van der Waals surface area contributed by atoms with Gasteiger partial charge in [-0.3, -0.25) is 4.55 Å². The smallest absolute Gasteiger partial charge is 0.264 e. The van der Waals surface area contributed by atoms with E-state index in [1.165, 1.54) is 12.1 Å². The summed E-state index contributed by atoms with van der Waals surface area (Å²) in [6.07, 6.45) is 1.89. The second-order valence-corrected chi connectivity index (χ2v) is 5.98. The molecule has 0 saturated heterocycles. The zero-order chi connectivity index (χ0) is 15.0. The molecule has 0 bridgehead atoms. The fourth-order valence-corrected chi connectivity index (χ4v) is 2.23. The predicted octanol–water partition coefficient (Wildman–Crippen LogP) is 1.59. The van der Waals surface area contributed by atoms with E-state index in [0.717, 1.165) is 18.4 Å². The second kappa shape index (κ2) is 7.93. The minimum Gasteiger partial charge on any atom is -0.506 e. The van der Waals surface area contributed by atoms with Gasteiger partial charge in [-0.1, -0.05) is 6.07 Å². The molecule has 0 aliphatic carbocycles. The zero-order valence-corrected chi connectivity index (χ0v) is 11.8. The number of nitrogens with zero attached hydrogens (tertiary/aromatic N) is 1. The molecule has 0 atom stereocenters. The highest BCUT2D eigenvalue weighted by atomic mass is 32.2. The van der Waals surface area contributed by atoms with E-state index < -0.39 is 10.1 Å². The molecule has 20 heavy (non-hydrogen) atoms. The molecule has 0 radical (unpaired) electrons. The van der Waals surface area contributed by atoms with Gasteiger partial charge in [0.25, 0.3) is 10.1 Å². The van der Waals surface area contributed by atoms with Crippen molar-refractivity contribution in [1.29, 1.82) is 0 Å². The van der Waals surface area contributed by atoms with E-state index in [-0.39, 0.29) is 17.2 Å². The van der Waals surface area contributed by atoms with Crippen LogP contribution in [0.15, 0.2) is 23.4 Å². The highest BCUT2D eigenvalue weighted by Crippen LogP contribution is 2.26. The number of rotatable bonds is 9. The van der Waals surface area contributed by atoms with E-state index in [4.69, 9.17) is 4.55 Å². The number of nitrogens with one attached hydrogen (secondary N) is 1. The molecule has 1 rings (SSSR count). The summed E-state index contributed by atoms with van der Waals surface area (Å²) in [4.78, 5) is 10.3. The van der Waals surface area contributed by atoms with Gasteiger partial charge in [0.1, 0.15) is 11.4 Å². The Morgan fingerprint density at radius 1 is 1.20 bits per heavy atom. The minimum atomic E-state index is -3.87. The van der Waals surface area contributed by atoms with Crippen molar-refractivity contribution in [1.82, 2.24) is 5.32 Å². The summed E-state index contributed by atoms with van der Waals surface area (Å²) in [5.41, 5.74) is 0.923. The van der Waals surface area contributed by atoms with Crippen LogP contribution in [0.4, 0.5) is 5.69 Å². The largest absolute Gasteiger partial charge is 0.506 e. The molecule has 7 nitrogen and oxygen atoms in total. The Balaban J connectivity index is 2.18. The van der Waals surface area contributed by atoms with Crippen molar-refractivity contribution in [3.8, 4) is 5.75 Å². The normalized spacial score (nSPS) is 11.4. The van der Waals surface area contributed by atoms with Gasteiger partial charge >= 0.3 is 0 Å². The molecule has 0 saturated carbocycles. The zero-order valence-electron chi connectivity index (χ0n) is 10.9. The fraction of sp³-hybridized carbons (Fsp3) is 0.500. The quantitative estimate of drug-likeness (QED) is 0.362. The number of hydrogen-bond acceptors (Lipinski definition) is 6. The monoisotopic (exact) mass is 302 g/mol. The number of nitroso groups, excluding NO2 is 1. The number of phenols is 1. The first-order valence-electron chi connectivity index (χ1n) is 6.23. The van der Waals surface area contributed by atoms with Crippen LogP contribution in [0.5, 0.6) is 5.75 Å². The minimum absolute atomic E-state index is 0.0251. The van der Waals surface area contributed by atoms with Crippen LogP contribution in [-0.4, -0.2) is 36.9 Å². The summed E-state index contributed by atoms with van der Waals surface area (Å²) in [6.45, 7) is 1.21. The summed E-state index contributed by atoms with van der Waals surface area (Å²) in [6, 6.07) is 4.71. The molecule has 8 heteroatoms. The first-order valence-corrected chi connectivity index (χ1v) is 7.84. The molecule has 0 spiro atoms. The van der Waals surface area contributed by atoms with Gasteiger partial charge in [0.15, 0.2) is 0 Å². The summed E-state index contributed by atoms with van der Waals surface area (Å²) in [7, 11) is -3.87. The van der Waals surface area contributed by atoms with Crippen molar-refractivity contribution in [3.63, 3.8) is 0 Å². The third kappa shape index (κ3) is 6.60. The number of aryl methyl sites for hydroxylation is 1. The predicted molar refractivity (Wildman–Crippen MR) is 75.8 cm³/mol. The Morgan fingerprint density at radius 3 is 2.50 bits per heavy atom. The molecular formula is C12H18N2O5S. The van der Waals surface area contributed by atoms with Crippen LogP contribution in [0.25, 0.3) is 0 Å². The fourth-order valence-electron chi connectivity index (χ4n) is 1.72. The van der Waals surface area contributed by atoms with Crippen molar-refractivity contribution in [2.24, 2.45) is 5.18 Å². The number of phenolic OH excluding ortho intramolecular Hbond substituents is 1. The molecule has 0 heterocycles. The van der Waals surface area contributed by atoms with Crippen molar-refractivity contribution in [3.05, 3.63) is 28.7 Å². The lowest BCUT2D eigenvalue weighted by molar-refractivity contribution is 0.476. The second-order valence-electron chi connectivity index (χ2n) is 4.41. The van der Waals surface area contributed by atoms with Gasteiger partial charge < -0.3 is 10.4 Å². The van der Waals surface area contributed by atoms with Crippen molar-refractivity contribution in [2.75, 3.05) is 18.8 Å². The maximum Gasteiger partial charge on any atom is 0.264 e. The van der Waals surface area contributed by atoms with Gasteiger partial charge in [0.2, 0.25) is 0 Å². The molecule has 0 unspecified atom stereocenters. The van der Waals surface area contributed by atoms with Crippen LogP contribution < -0.4 is 5.32 Å². The number of aromatic hydroxyl groups is 1. The Morgan fingerprint density at radius 2 is 1.90 bits per heavy atom. The lowest BCUT2D eigenvalue weighted by Crippen LogP contribution is -2.19. The van der Waals surface area contributed by atoms with E-state index in [9.17, 15) is 18.4 Å². The van der Waals surface area contributed by atoms with Crippen LogP contribution in [0.2, 0.25) is 0 Å². The number of benzene rings is 1. The Hall–Kier alpha value is -1.51. The number of hydrogen-bond donors (Lipinski definition) is 3. The van der Waals surface area contributed by atoms with Gasteiger partial charge in [0.05, 0.1) is 5.75 Å². The van der Waals surface area contributed by atoms with Gasteiger partial charge in [-0.15, -0.1) is 4.91 Å². The summed E-state index contributed by atoms with van der Waals surface area (Å²) in [5.74, 6) is -0.368. The van der Waals surface area contributed by atoms with Gasteiger partial charge in [-0.2, -0.15) is 8.42 Å². The van der Waals surface area contributed by atoms with E-state index >= 15 is 0 Å². The molecule has 0 fully saturated rings. The van der Waals surface area contributed by atoms with Crippen molar-refractivity contribution < 1.29 is 18.1 Å². The maximum absolute atomic E-state index is 10.5. The molecule has 0 aromatic heterocycles. The first-order chi connectivity index (χ1) is 9.42. The molecule has 3 N–H and O–H groups in total. The first kappa shape index (κ1) is 16.5. The lowest BCUT2D eigenvalue weighted by atomic mass is 10.1. The van der Waals surface area contributed by atoms with E-state index in [1.54, 1.807) is 6.07 Å². The molecule has 1 aromatic carbocycles. The van der Waals surface area contributed by atoms with Gasteiger partial charge in [-0.25, -0.2) is 0 Å². The average molecular weight is 302 g/mol. The molecule has 0 aliphatic heterocycles. The Kier molecular flexibility index (Phi) is 6.56. The van der Waals surface area contributed by atoms with Crippen LogP contribution in [0, 0.1) is 4.91 Å². The third-order valence-corrected chi connectivity index (χ3v) is 3.52. The van der Waals surface area contributed by atoms with E-state index in [0.29, 0.717) is 19.5 Å². The molecular weight excluding hydrogens is 284 g/mol. The molecule has 0 amide bonds. The SMILES string of the molecule is O=Nc1ccc(CCCNCCCS(=O)(=O)O)cc1O. The molecule has 112 valence electrons. The van der Waals surface area contributed by atoms with Crippen LogP contribution >= 0.6 is 0 Å².